The van der Waals surface area contributed by atoms with Crippen LogP contribution >= 0.6 is 11.3 Å². The number of nitrogens with zero attached hydrogens (tertiary/aromatic N) is 3. The van der Waals surface area contributed by atoms with Crippen LogP contribution in [-0.4, -0.2) is 36.7 Å². The van der Waals surface area contributed by atoms with Gasteiger partial charge in [0.15, 0.2) is 0 Å². The number of aromatic nitrogens is 2. The summed E-state index contributed by atoms with van der Waals surface area (Å²) in [6.45, 7) is 0.522. The number of rotatable bonds is 5. The van der Waals surface area contributed by atoms with Crippen molar-refractivity contribution in [2.75, 3.05) is 30.9 Å². The fourth-order valence-corrected chi connectivity index (χ4v) is 2.36. The molecule has 1 aromatic heterocycles. The minimum atomic E-state index is -0.189. The van der Waals surface area contributed by atoms with Gasteiger partial charge in [0, 0.05) is 31.8 Å². The van der Waals surface area contributed by atoms with Crippen LogP contribution in [0, 0.1) is 0 Å². The predicted octanol–water partition coefficient (Wildman–Crippen LogP) is 1.36. The van der Waals surface area contributed by atoms with Gasteiger partial charge in [-0.3, -0.25) is 10.1 Å². The molecule has 0 saturated heterocycles. The second-order valence-corrected chi connectivity index (χ2v) is 5.50. The molecule has 0 unspecified atom stereocenters. The summed E-state index contributed by atoms with van der Waals surface area (Å²) in [4.78, 5) is 14.0. The summed E-state index contributed by atoms with van der Waals surface area (Å²) in [7, 11) is 3.91. The molecule has 0 radical (unpaired) electrons. The van der Waals surface area contributed by atoms with E-state index in [1.165, 1.54) is 11.3 Å². The van der Waals surface area contributed by atoms with Crippen LogP contribution in [0.3, 0.4) is 0 Å². The van der Waals surface area contributed by atoms with Gasteiger partial charge in [-0.1, -0.05) is 11.3 Å². The first-order chi connectivity index (χ1) is 9.60. The molecule has 0 aliphatic carbocycles. The average molecular weight is 291 g/mol. The lowest BCUT2D eigenvalue weighted by Gasteiger charge is -2.12. The highest BCUT2D eigenvalue weighted by molar-refractivity contribution is 7.15. The molecular weight excluding hydrogens is 274 g/mol. The number of benzene rings is 1. The molecule has 106 valence electrons. The summed E-state index contributed by atoms with van der Waals surface area (Å²) in [6.07, 6.45) is 0.672. The molecule has 0 bridgehead atoms. The summed E-state index contributed by atoms with van der Waals surface area (Å²) in [5, 5.41) is 11.9. The molecule has 7 heteroatoms. The second-order valence-electron chi connectivity index (χ2n) is 4.44. The van der Waals surface area contributed by atoms with Crippen molar-refractivity contribution < 1.29 is 4.79 Å². The van der Waals surface area contributed by atoms with Crippen LogP contribution in [-0.2, 0) is 6.42 Å². The van der Waals surface area contributed by atoms with E-state index in [1.54, 1.807) is 12.1 Å². The highest BCUT2D eigenvalue weighted by Crippen LogP contribution is 2.17. The van der Waals surface area contributed by atoms with Gasteiger partial charge in [-0.2, -0.15) is 0 Å². The van der Waals surface area contributed by atoms with E-state index in [0.29, 0.717) is 23.7 Å². The van der Waals surface area contributed by atoms with Crippen molar-refractivity contribution in [3.8, 4) is 0 Å². The first-order valence-corrected chi connectivity index (χ1v) is 7.03. The normalized spacial score (nSPS) is 10.3. The van der Waals surface area contributed by atoms with Crippen LogP contribution in [0.25, 0.3) is 0 Å². The lowest BCUT2D eigenvalue weighted by molar-refractivity contribution is 0.102. The van der Waals surface area contributed by atoms with E-state index in [9.17, 15) is 4.79 Å². The van der Waals surface area contributed by atoms with Crippen molar-refractivity contribution in [3.63, 3.8) is 0 Å². The molecule has 6 nitrogen and oxygen atoms in total. The maximum atomic E-state index is 12.1. The van der Waals surface area contributed by atoms with Gasteiger partial charge in [-0.25, -0.2) is 0 Å². The molecule has 1 amide bonds. The van der Waals surface area contributed by atoms with E-state index in [1.807, 2.05) is 31.1 Å². The maximum absolute atomic E-state index is 12.1. The topological polar surface area (TPSA) is 84.1 Å². The van der Waals surface area contributed by atoms with Crippen LogP contribution < -0.4 is 16.0 Å². The Morgan fingerprint density at radius 2 is 2.00 bits per heavy atom. The van der Waals surface area contributed by atoms with E-state index in [-0.39, 0.29) is 5.91 Å². The zero-order chi connectivity index (χ0) is 14.5. The van der Waals surface area contributed by atoms with Gasteiger partial charge in [0.05, 0.1) is 0 Å². The SMILES string of the molecule is CN(C)c1ccc(C(=O)Nc2nnc(CCN)s2)cc1. The van der Waals surface area contributed by atoms with Crippen molar-refractivity contribution in [3.05, 3.63) is 34.8 Å². The van der Waals surface area contributed by atoms with Crippen LogP contribution in [0.2, 0.25) is 0 Å². The predicted molar refractivity (Wildman–Crippen MR) is 81.4 cm³/mol. The summed E-state index contributed by atoms with van der Waals surface area (Å²) in [5.74, 6) is -0.189. The van der Waals surface area contributed by atoms with Gasteiger partial charge < -0.3 is 10.6 Å². The van der Waals surface area contributed by atoms with Crippen LogP contribution in [0.15, 0.2) is 24.3 Å². The Labute approximate surface area is 121 Å². The number of amides is 1. The fraction of sp³-hybridized carbons (Fsp3) is 0.308. The van der Waals surface area contributed by atoms with E-state index in [0.717, 1.165) is 10.7 Å². The minimum Gasteiger partial charge on any atom is -0.378 e. The molecule has 1 aromatic carbocycles. The third-order valence-corrected chi connectivity index (χ3v) is 3.59. The zero-order valence-corrected chi connectivity index (χ0v) is 12.3. The Bertz CT molecular complexity index is 579. The number of hydrogen-bond donors (Lipinski definition) is 2. The zero-order valence-electron chi connectivity index (χ0n) is 11.5. The first-order valence-electron chi connectivity index (χ1n) is 6.21. The Kier molecular flexibility index (Phi) is 4.65. The van der Waals surface area contributed by atoms with Gasteiger partial charge >= 0.3 is 0 Å². The van der Waals surface area contributed by atoms with E-state index >= 15 is 0 Å². The highest BCUT2D eigenvalue weighted by atomic mass is 32.1. The van der Waals surface area contributed by atoms with Crippen LogP contribution in [0.4, 0.5) is 10.8 Å². The first kappa shape index (κ1) is 14.4. The van der Waals surface area contributed by atoms with Crippen molar-refractivity contribution in [1.82, 2.24) is 10.2 Å². The van der Waals surface area contributed by atoms with E-state index < -0.39 is 0 Å². The Morgan fingerprint density at radius 3 is 2.60 bits per heavy atom. The standard InChI is InChI=1S/C13H17N5OS/c1-18(2)10-5-3-9(4-6-10)12(19)15-13-17-16-11(20-13)7-8-14/h3-6H,7-8,14H2,1-2H3,(H,15,17,19). The Morgan fingerprint density at radius 1 is 1.30 bits per heavy atom. The molecule has 0 saturated carbocycles. The third-order valence-electron chi connectivity index (χ3n) is 2.69. The van der Waals surface area contributed by atoms with Crippen molar-refractivity contribution in [1.29, 1.82) is 0 Å². The quantitative estimate of drug-likeness (QED) is 0.869. The number of nitrogens with two attached hydrogens (primary N) is 1. The maximum Gasteiger partial charge on any atom is 0.257 e. The summed E-state index contributed by atoms with van der Waals surface area (Å²) in [5.41, 5.74) is 7.08. The molecule has 3 N–H and O–H groups in total. The number of nitrogens with one attached hydrogen (secondary N) is 1. The molecular formula is C13H17N5OS. The molecule has 0 aliphatic rings. The molecule has 1 heterocycles. The molecule has 20 heavy (non-hydrogen) atoms. The Balaban J connectivity index is 2.03. The largest absolute Gasteiger partial charge is 0.378 e. The van der Waals surface area contributed by atoms with E-state index in [4.69, 9.17) is 5.73 Å². The summed E-state index contributed by atoms with van der Waals surface area (Å²) >= 11 is 1.35. The van der Waals surface area contributed by atoms with E-state index in [2.05, 4.69) is 15.5 Å². The molecule has 2 rings (SSSR count). The minimum absolute atomic E-state index is 0.189. The van der Waals surface area contributed by atoms with Crippen molar-refractivity contribution in [2.45, 2.75) is 6.42 Å². The number of hydrogen-bond acceptors (Lipinski definition) is 6. The monoisotopic (exact) mass is 291 g/mol. The molecule has 0 atom stereocenters. The smallest absolute Gasteiger partial charge is 0.257 e. The Hall–Kier alpha value is -1.99. The van der Waals surface area contributed by atoms with Crippen LogP contribution in [0.5, 0.6) is 0 Å². The number of carbonyl (C=O) groups excluding carboxylic acids is 1. The van der Waals surface area contributed by atoms with Gasteiger partial charge in [-0.05, 0) is 30.8 Å². The van der Waals surface area contributed by atoms with Gasteiger partial charge in [-0.15, -0.1) is 10.2 Å². The highest BCUT2D eigenvalue weighted by Gasteiger charge is 2.10. The molecule has 0 aliphatic heterocycles. The van der Waals surface area contributed by atoms with Crippen molar-refractivity contribution >= 4 is 28.1 Å². The lowest BCUT2D eigenvalue weighted by Crippen LogP contribution is -2.13. The lowest BCUT2D eigenvalue weighted by atomic mass is 10.2. The molecule has 0 fully saturated rings. The fourth-order valence-electron chi connectivity index (χ4n) is 1.61. The molecule has 0 spiro atoms. The van der Waals surface area contributed by atoms with Gasteiger partial charge in [0.25, 0.3) is 5.91 Å². The van der Waals surface area contributed by atoms with Gasteiger partial charge in [0.1, 0.15) is 5.01 Å². The second kappa shape index (κ2) is 6.44. The third kappa shape index (κ3) is 3.52. The summed E-state index contributed by atoms with van der Waals surface area (Å²) in [6, 6.07) is 7.36. The number of carbonyl (C=O) groups is 1. The summed E-state index contributed by atoms with van der Waals surface area (Å²) < 4.78 is 0. The average Bonchev–Trinajstić information content (AvgIpc) is 2.86. The molecule has 2 aromatic rings. The van der Waals surface area contributed by atoms with Crippen molar-refractivity contribution in [2.24, 2.45) is 5.73 Å². The number of anilines is 2. The van der Waals surface area contributed by atoms with Gasteiger partial charge in [0.2, 0.25) is 5.13 Å². The van der Waals surface area contributed by atoms with Crippen LogP contribution in [0.1, 0.15) is 15.4 Å².